The van der Waals surface area contributed by atoms with Crippen molar-refractivity contribution in [3.8, 4) is 0 Å². The van der Waals surface area contributed by atoms with Crippen LogP contribution in [0.3, 0.4) is 0 Å². The van der Waals surface area contributed by atoms with Gasteiger partial charge in [-0.3, -0.25) is 9.89 Å². The van der Waals surface area contributed by atoms with Crippen LogP contribution in [-0.4, -0.2) is 61.1 Å². The predicted octanol–water partition coefficient (Wildman–Crippen LogP) is 2.41. The monoisotopic (exact) mass is 282 g/mol. The van der Waals surface area contributed by atoms with Crippen molar-refractivity contribution < 1.29 is 0 Å². The SMILES string of the molecule is CCNC(=NCC(C)N(CC)CC)N1CCC(C)CC1. The molecule has 1 heterocycles. The molecule has 1 rings (SSSR count). The van der Waals surface area contributed by atoms with Crippen LogP contribution < -0.4 is 5.32 Å². The lowest BCUT2D eigenvalue weighted by molar-refractivity contribution is 0.234. The van der Waals surface area contributed by atoms with E-state index in [0.717, 1.165) is 51.1 Å². The molecule has 0 aliphatic carbocycles. The topological polar surface area (TPSA) is 30.9 Å². The molecule has 1 atom stereocenters. The van der Waals surface area contributed by atoms with Crippen LogP contribution in [0.5, 0.6) is 0 Å². The van der Waals surface area contributed by atoms with Crippen molar-refractivity contribution in [3.63, 3.8) is 0 Å². The zero-order chi connectivity index (χ0) is 15.0. The van der Waals surface area contributed by atoms with Crippen molar-refractivity contribution in [3.05, 3.63) is 0 Å². The third-order valence-electron chi connectivity index (χ3n) is 4.36. The van der Waals surface area contributed by atoms with Crippen molar-refractivity contribution >= 4 is 5.96 Å². The first-order valence-corrected chi connectivity index (χ1v) is 8.39. The maximum absolute atomic E-state index is 4.87. The minimum Gasteiger partial charge on any atom is -0.357 e. The largest absolute Gasteiger partial charge is 0.357 e. The van der Waals surface area contributed by atoms with Crippen molar-refractivity contribution in [1.82, 2.24) is 15.1 Å². The second-order valence-corrected chi connectivity index (χ2v) is 5.93. The first-order chi connectivity index (χ1) is 9.62. The number of guanidine groups is 1. The van der Waals surface area contributed by atoms with E-state index in [1.54, 1.807) is 0 Å². The third kappa shape index (κ3) is 5.31. The summed E-state index contributed by atoms with van der Waals surface area (Å²) in [6.07, 6.45) is 2.58. The molecule has 1 N–H and O–H groups in total. The van der Waals surface area contributed by atoms with Crippen molar-refractivity contribution in [1.29, 1.82) is 0 Å². The fourth-order valence-corrected chi connectivity index (χ4v) is 2.83. The number of rotatable bonds is 6. The van der Waals surface area contributed by atoms with E-state index in [1.165, 1.54) is 12.8 Å². The molecule has 1 aliphatic rings. The molecule has 118 valence electrons. The van der Waals surface area contributed by atoms with Gasteiger partial charge >= 0.3 is 0 Å². The van der Waals surface area contributed by atoms with Crippen LogP contribution in [0.15, 0.2) is 4.99 Å². The number of likely N-dealkylation sites (N-methyl/N-ethyl adjacent to an activating group) is 1. The first kappa shape index (κ1) is 17.3. The maximum atomic E-state index is 4.87. The van der Waals surface area contributed by atoms with Gasteiger partial charge in [-0.25, -0.2) is 0 Å². The van der Waals surface area contributed by atoms with Crippen LogP contribution >= 0.6 is 0 Å². The van der Waals surface area contributed by atoms with E-state index < -0.39 is 0 Å². The molecule has 0 spiro atoms. The van der Waals surface area contributed by atoms with Crippen LogP contribution in [0.4, 0.5) is 0 Å². The molecule has 1 fully saturated rings. The minimum absolute atomic E-state index is 0.516. The van der Waals surface area contributed by atoms with Crippen molar-refractivity contribution in [2.24, 2.45) is 10.9 Å². The maximum Gasteiger partial charge on any atom is 0.193 e. The standard InChI is InChI=1S/C16H34N4/c1-6-17-16(20-11-9-14(4)10-12-20)18-13-15(5)19(7-2)8-3/h14-15H,6-13H2,1-5H3,(H,17,18). The summed E-state index contributed by atoms with van der Waals surface area (Å²) >= 11 is 0. The molecule has 1 unspecified atom stereocenters. The van der Waals surface area contributed by atoms with Gasteiger partial charge in [0.15, 0.2) is 5.96 Å². The average molecular weight is 282 g/mol. The summed E-state index contributed by atoms with van der Waals surface area (Å²) in [6.45, 7) is 17.6. The van der Waals surface area contributed by atoms with Gasteiger partial charge in [0.2, 0.25) is 0 Å². The van der Waals surface area contributed by atoms with Crippen LogP contribution in [0.1, 0.15) is 47.5 Å². The van der Waals surface area contributed by atoms with Gasteiger partial charge in [0.25, 0.3) is 0 Å². The summed E-state index contributed by atoms with van der Waals surface area (Å²) in [6, 6.07) is 0.516. The van der Waals surface area contributed by atoms with E-state index in [2.05, 4.69) is 49.7 Å². The fraction of sp³-hybridized carbons (Fsp3) is 0.938. The second kappa shape index (κ2) is 9.22. The average Bonchev–Trinajstić information content (AvgIpc) is 2.46. The van der Waals surface area contributed by atoms with E-state index in [4.69, 9.17) is 4.99 Å². The van der Waals surface area contributed by atoms with Gasteiger partial charge in [0, 0.05) is 25.7 Å². The molecule has 4 nitrogen and oxygen atoms in total. The number of hydrogen-bond acceptors (Lipinski definition) is 2. The number of nitrogens with one attached hydrogen (secondary N) is 1. The molecule has 0 bridgehead atoms. The zero-order valence-corrected chi connectivity index (χ0v) is 14.2. The van der Waals surface area contributed by atoms with Crippen LogP contribution in [-0.2, 0) is 0 Å². The number of nitrogens with zero attached hydrogens (tertiary/aromatic N) is 3. The quantitative estimate of drug-likeness (QED) is 0.599. The highest BCUT2D eigenvalue weighted by molar-refractivity contribution is 5.80. The normalized spacial score (nSPS) is 19.5. The van der Waals surface area contributed by atoms with Gasteiger partial charge in [-0.15, -0.1) is 0 Å². The predicted molar refractivity (Wildman–Crippen MR) is 88.3 cm³/mol. The van der Waals surface area contributed by atoms with Crippen LogP contribution in [0.25, 0.3) is 0 Å². The Labute approximate surface area is 125 Å². The van der Waals surface area contributed by atoms with Gasteiger partial charge in [-0.2, -0.15) is 0 Å². The molecular formula is C16H34N4. The summed E-state index contributed by atoms with van der Waals surface area (Å²) < 4.78 is 0. The van der Waals surface area contributed by atoms with Gasteiger partial charge in [0.1, 0.15) is 0 Å². The molecular weight excluding hydrogens is 248 g/mol. The molecule has 1 saturated heterocycles. The van der Waals surface area contributed by atoms with Crippen LogP contribution in [0, 0.1) is 5.92 Å². The Balaban J connectivity index is 2.58. The van der Waals surface area contributed by atoms with E-state index in [9.17, 15) is 0 Å². The lowest BCUT2D eigenvalue weighted by Crippen LogP contribution is -2.46. The van der Waals surface area contributed by atoms with E-state index >= 15 is 0 Å². The Kier molecular flexibility index (Phi) is 7.97. The van der Waals surface area contributed by atoms with Gasteiger partial charge in [0.05, 0.1) is 6.54 Å². The Hall–Kier alpha value is -0.770. The van der Waals surface area contributed by atoms with E-state index in [-0.39, 0.29) is 0 Å². The van der Waals surface area contributed by atoms with Crippen LogP contribution in [0.2, 0.25) is 0 Å². The Morgan fingerprint density at radius 2 is 1.85 bits per heavy atom. The number of hydrogen-bond donors (Lipinski definition) is 1. The molecule has 4 heteroatoms. The third-order valence-corrected chi connectivity index (χ3v) is 4.36. The molecule has 0 radical (unpaired) electrons. The lowest BCUT2D eigenvalue weighted by Gasteiger charge is -2.33. The zero-order valence-electron chi connectivity index (χ0n) is 14.2. The highest BCUT2D eigenvalue weighted by Crippen LogP contribution is 2.16. The number of aliphatic imine (C=N–C) groups is 1. The molecule has 0 saturated carbocycles. The molecule has 20 heavy (non-hydrogen) atoms. The first-order valence-electron chi connectivity index (χ1n) is 8.39. The molecule has 0 aromatic rings. The smallest absolute Gasteiger partial charge is 0.193 e. The highest BCUT2D eigenvalue weighted by Gasteiger charge is 2.19. The number of piperidine rings is 1. The molecule has 0 amide bonds. The summed E-state index contributed by atoms with van der Waals surface area (Å²) in [4.78, 5) is 9.76. The lowest BCUT2D eigenvalue weighted by atomic mass is 10.00. The van der Waals surface area contributed by atoms with E-state index in [1.807, 2.05) is 0 Å². The molecule has 0 aromatic carbocycles. The van der Waals surface area contributed by atoms with Gasteiger partial charge in [-0.05, 0) is 45.7 Å². The van der Waals surface area contributed by atoms with Crippen molar-refractivity contribution in [2.75, 3.05) is 39.3 Å². The second-order valence-electron chi connectivity index (χ2n) is 5.93. The van der Waals surface area contributed by atoms with Gasteiger partial charge in [-0.1, -0.05) is 20.8 Å². The Bertz CT molecular complexity index is 278. The van der Waals surface area contributed by atoms with Gasteiger partial charge < -0.3 is 10.2 Å². The van der Waals surface area contributed by atoms with Crippen molar-refractivity contribution in [2.45, 2.75) is 53.5 Å². The Morgan fingerprint density at radius 1 is 1.25 bits per heavy atom. The Morgan fingerprint density at radius 3 is 2.35 bits per heavy atom. The minimum atomic E-state index is 0.516. The summed E-state index contributed by atoms with van der Waals surface area (Å²) in [7, 11) is 0. The molecule has 1 aliphatic heterocycles. The highest BCUT2D eigenvalue weighted by atomic mass is 15.3. The van der Waals surface area contributed by atoms with E-state index in [0.29, 0.717) is 6.04 Å². The summed E-state index contributed by atoms with van der Waals surface area (Å²) in [5.41, 5.74) is 0. The molecule has 0 aromatic heterocycles. The number of likely N-dealkylation sites (tertiary alicyclic amines) is 1. The fourth-order valence-electron chi connectivity index (χ4n) is 2.83. The summed E-state index contributed by atoms with van der Waals surface area (Å²) in [5, 5.41) is 3.45. The summed E-state index contributed by atoms with van der Waals surface area (Å²) in [5.74, 6) is 1.97.